The van der Waals surface area contributed by atoms with Crippen molar-refractivity contribution in [3.8, 4) is 11.5 Å². The maximum Gasteiger partial charge on any atom is 0.324 e. The molecule has 0 aliphatic carbocycles. The van der Waals surface area contributed by atoms with E-state index in [9.17, 15) is 21.6 Å². The summed E-state index contributed by atoms with van der Waals surface area (Å²) in [5, 5.41) is 2.16. The van der Waals surface area contributed by atoms with E-state index in [1.165, 1.54) is 24.1 Å². The number of hydrogen-bond donors (Lipinski definition) is 3. The number of nitrogens with zero attached hydrogens (tertiary/aromatic N) is 2. The fourth-order valence-electron chi connectivity index (χ4n) is 2.38. The number of amides is 2. The van der Waals surface area contributed by atoms with Crippen LogP contribution >= 0.6 is 0 Å². The van der Waals surface area contributed by atoms with E-state index >= 15 is 0 Å². The molecule has 4 N–H and O–H groups in total. The fourth-order valence-corrected chi connectivity index (χ4v) is 3.52. The van der Waals surface area contributed by atoms with E-state index < -0.39 is 37.8 Å². The Morgan fingerprint density at radius 1 is 1.16 bits per heavy atom. The molecule has 0 atom stereocenters. The number of para-hydroxylation sites is 1. The Morgan fingerprint density at radius 2 is 1.81 bits per heavy atom. The number of sulfone groups is 1. The summed E-state index contributed by atoms with van der Waals surface area (Å²) >= 11 is 0. The molecule has 0 unspecified atom stereocenters. The van der Waals surface area contributed by atoms with Gasteiger partial charge in [-0.05, 0) is 29.8 Å². The Labute approximate surface area is 180 Å². The number of carbonyl (C=O) groups excluding carboxylic acids is 1. The molecule has 2 aromatic rings. The van der Waals surface area contributed by atoms with Crippen molar-refractivity contribution in [2.45, 2.75) is 11.4 Å². The predicted octanol–water partition coefficient (Wildman–Crippen LogP) is 1.18. The van der Waals surface area contributed by atoms with Crippen molar-refractivity contribution >= 4 is 31.9 Å². The molecular weight excluding hydrogens is 448 g/mol. The van der Waals surface area contributed by atoms with Crippen molar-refractivity contribution in [1.29, 1.82) is 0 Å². The first-order valence-corrected chi connectivity index (χ1v) is 12.2. The Morgan fingerprint density at radius 3 is 2.39 bits per heavy atom. The van der Waals surface area contributed by atoms with Crippen LogP contribution in [-0.4, -0.2) is 57.5 Å². The molecule has 0 saturated heterocycles. The third-order valence-electron chi connectivity index (χ3n) is 3.78. The van der Waals surface area contributed by atoms with Crippen LogP contribution in [0, 0.1) is 0 Å². The number of guanidine groups is 1. The molecule has 0 spiro atoms. The van der Waals surface area contributed by atoms with Crippen LogP contribution in [0.15, 0.2) is 58.4 Å². The van der Waals surface area contributed by atoms with Gasteiger partial charge in [-0.3, -0.25) is 9.87 Å². The second kappa shape index (κ2) is 9.76. The SMILES string of the molecule is CN(Cc1ccc(Oc2ccccc2)c(S(C)(=O)=O)c1)C(=O)NC(N)=NCS(=O)(=O)O. The van der Waals surface area contributed by atoms with Gasteiger partial charge in [0.1, 0.15) is 16.4 Å². The summed E-state index contributed by atoms with van der Waals surface area (Å²) in [7, 11) is -6.59. The van der Waals surface area contributed by atoms with Crippen LogP contribution in [0.3, 0.4) is 0 Å². The van der Waals surface area contributed by atoms with Crippen LogP contribution in [0.25, 0.3) is 0 Å². The summed E-state index contributed by atoms with van der Waals surface area (Å²) in [6, 6.07) is 12.4. The highest BCUT2D eigenvalue weighted by atomic mass is 32.2. The molecule has 0 bridgehead atoms. The van der Waals surface area contributed by atoms with E-state index in [2.05, 4.69) is 10.3 Å². The lowest BCUT2D eigenvalue weighted by molar-refractivity contribution is 0.212. The summed E-state index contributed by atoms with van der Waals surface area (Å²) in [5.41, 5.74) is 5.90. The van der Waals surface area contributed by atoms with E-state index in [1.807, 2.05) is 0 Å². The molecule has 31 heavy (non-hydrogen) atoms. The van der Waals surface area contributed by atoms with Gasteiger partial charge < -0.3 is 15.4 Å². The Kier molecular flexibility index (Phi) is 7.60. The zero-order valence-corrected chi connectivity index (χ0v) is 18.4. The molecule has 0 aliphatic rings. The number of nitrogens with one attached hydrogen (secondary N) is 1. The number of carbonyl (C=O) groups is 1. The maximum atomic E-state index is 12.2. The monoisotopic (exact) mass is 470 g/mol. The van der Waals surface area contributed by atoms with Crippen LogP contribution in [-0.2, 0) is 26.5 Å². The third-order valence-corrected chi connectivity index (χ3v) is 5.35. The van der Waals surface area contributed by atoms with Crippen LogP contribution in [0.4, 0.5) is 4.79 Å². The second-order valence-corrected chi connectivity index (χ2v) is 9.92. The van der Waals surface area contributed by atoms with Crippen molar-refractivity contribution < 1.29 is 30.9 Å². The topological polar surface area (TPSA) is 168 Å². The van der Waals surface area contributed by atoms with Gasteiger partial charge in [-0.25, -0.2) is 18.2 Å². The quantitative estimate of drug-likeness (QED) is 0.308. The second-order valence-electron chi connectivity index (χ2n) is 6.51. The highest BCUT2D eigenvalue weighted by Crippen LogP contribution is 2.30. The number of rotatable bonds is 7. The highest BCUT2D eigenvalue weighted by Gasteiger charge is 2.18. The van der Waals surface area contributed by atoms with E-state index in [4.69, 9.17) is 15.0 Å². The lowest BCUT2D eigenvalue weighted by Crippen LogP contribution is -2.44. The highest BCUT2D eigenvalue weighted by molar-refractivity contribution is 7.90. The molecular formula is C18H22N4O7S2. The van der Waals surface area contributed by atoms with Crippen LogP contribution in [0.2, 0.25) is 0 Å². The van der Waals surface area contributed by atoms with Gasteiger partial charge in [-0.1, -0.05) is 24.3 Å². The average molecular weight is 471 g/mol. The van der Waals surface area contributed by atoms with Gasteiger partial charge in [0.25, 0.3) is 10.1 Å². The van der Waals surface area contributed by atoms with Crippen molar-refractivity contribution in [2.75, 3.05) is 19.2 Å². The zero-order valence-electron chi connectivity index (χ0n) is 16.7. The molecule has 0 fully saturated rings. The van der Waals surface area contributed by atoms with Gasteiger partial charge >= 0.3 is 6.03 Å². The lowest BCUT2D eigenvalue weighted by atomic mass is 10.2. The van der Waals surface area contributed by atoms with Gasteiger partial charge in [0.05, 0.1) is 0 Å². The number of aliphatic imine (C=N–C) groups is 1. The molecule has 2 amide bonds. The normalized spacial score (nSPS) is 12.3. The molecule has 0 saturated carbocycles. The summed E-state index contributed by atoms with van der Waals surface area (Å²) in [4.78, 5) is 16.6. The molecule has 0 aliphatic heterocycles. The first kappa shape index (κ1) is 24.1. The van der Waals surface area contributed by atoms with Crippen molar-refractivity contribution in [3.05, 3.63) is 54.1 Å². The van der Waals surface area contributed by atoms with Crippen molar-refractivity contribution in [1.82, 2.24) is 10.2 Å². The summed E-state index contributed by atoms with van der Waals surface area (Å²) in [5.74, 6) is -0.885. The van der Waals surface area contributed by atoms with Gasteiger partial charge in [-0.15, -0.1) is 0 Å². The Hall–Kier alpha value is -3.16. The van der Waals surface area contributed by atoms with E-state index in [-0.39, 0.29) is 17.2 Å². The lowest BCUT2D eigenvalue weighted by Gasteiger charge is -2.19. The van der Waals surface area contributed by atoms with Crippen LogP contribution in [0.1, 0.15) is 5.56 Å². The minimum Gasteiger partial charge on any atom is -0.456 e. The van der Waals surface area contributed by atoms with E-state index in [1.54, 1.807) is 36.4 Å². The van der Waals surface area contributed by atoms with E-state index in [0.29, 0.717) is 11.3 Å². The number of urea groups is 1. The standard InChI is InChI=1S/C18H22N4O7S2/c1-22(18(23)21-17(19)20-12-31(26,27)28)11-13-8-9-15(16(10-13)30(2,24)25)29-14-6-4-3-5-7-14/h3-10H,11-12H2,1-2H3,(H,26,27,28)(H3,19,20,21,23). The summed E-state index contributed by atoms with van der Waals surface area (Å²) < 4.78 is 60.1. The Bertz CT molecular complexity index is 1180. The zero-order chi connectivity index (χ0) is 23.2. The summed E-state index contributed by atoms with van der Waals surface area (Å²) in [6.45, 7) is 0.00550. The van der Waals surface area contributed by atoms with Crippen LogP contribution < -0.4 is 15.8 Å². The van der Waals surface area contributed by atoms with Gasteiger partial charge in [0.2, 0.25) is 0 Å². The van der Waals surface area contributed by atoms with Gasteiger partial charge in [0, 0.05) is 19.8 Å². The smallest absolute Gasteiger partial charge is 0.324 e. The predicted molar refractivity (Wildman–Crippen MR) is 114 cm³/mol. The molecule has 13 heteroatoms. The number of nitrogens with two attached hydrogens (primary N) is 1. The molecule has 2 aromatic carbocycles. The van der Waals surface area contributed by atoms with Crippen LogP contribution in [0.5, 0.6) is 11.5 Å². The number of hydrogen-bond acceptors (Lipinski definition) is 7. The molecule has 168 valence electrons. The minimum absolute atomic E-state index is 0.00550. The third kappa shape index (κ3) is 7.88. The molecule has 0 heterocycles. The summed E-state index contributed by atoms with van der Waals surface area (Å²) in [6.07, 6.45) is 1.05. The van der Waals surface area contributed by atoms with Gasteiger partial charge in [-0.2, -0.15) is 8.42 Å². The molecule has 0 radical (unpaired) electrons. The number of benzene rings is 2. The molecule has 11 nitrogen and oxygen atoms in total. The first-order valence-electron chi connectivity index (χ1n) is 8.68. The average Bonchev–Trinajstić information content (AvgIpc) is 2.67. The molecule has 0 aromatic heterocycles. The first-order chi connectivity index (χ1) is 14.3. The maximum absolute atomic E-state index is 12.2. The largest absolute Gasteiger partial charge is 0.456 e. The molecule has 2 rings (SSSR count). The van der Waals surface area contributed by atoms with Crippen molar-refractivity contribution in [2.24, 2.45) is 10.7 Å². The van der Waals surface area contributed by atoms with E-state index in [0.717, 1.165) is 6.26 Å². The van der Waals surface area contributed by atoms with Gasteiger partial charge in [0.15, 0.2) is 21.7 Å². The fraction of sp³-hybridized carbons (Fsp3) is 0.222. The minimum atomic E-state index is -4.37. The van der Waals surface area contributed by atoms with Crippen molar-refractivity contribution in [3.63, 3.8) is 0 Å². The number of ether oxygens (including phenoxy) is 1. The Balaban J connectivity index is 2.16.